The highest BCUT2D eigenvalue weighted by Crippen LogP contribution is 2.25. The molecule has 0 saturated heterocycles. The normalized spacial score (nSPS) is 32.2. The summed E-state index contributed by atoms with van der Waals surface area (Å²) in [5.41, 5.74) is 5.49. The molecule has 1 fully saturated rings. The second-order valence-electron chi connectivity index (χ2n) is 3.73. The topological polar surface area (TPSA) is 83.6 Å². The molecular weight excluding hydrogens is 170 g/mol. The molecule has 0 bridgehead atoms. The summed E-state index contributed by atoms with van der Waals surface area (Å²) in [6.07, 6.45) is 3.90. The van der Waals surface area contributed by atoms with Crippen LogP contribution in [0.5, 0.6) is 0 Å². The van der Waals surface area contributed by atoms with Crippen LogP contribution in [0.1, 0.15) is 32.1 Å². The van der Waals surface area contributed by atoms with Gasteiger partial charge in [0.2, 0.25) is 0 Å². The van der Waals surface area contributed by atoms with E-state index in [1.165, 1.54) is 0 Å². The van der Waals surface area contributed by atoms with Gasteiger partial charge in [-0.15, -0.1) is 0 Å². The number of aliphatic hydroxyl groups excluding tert-OH is 1. The molecule has 13 heavy (non-hydrogen) atoms. The molecule has 0 aliphatic heterocycles. The van der Waals surface area contributed by atoms with Crippen molar-refractivity contribution >= 4 is 5.97 Å². The maximum atomic E-state index is 10.6. The Balaban J connectivity index is 2.58. The third-order valence-electron chi connectivity index (χ3n) is 2.78. The van der Waals surface area contributed by atoms with Crippen molar-refractivity contribution in [3.05, 3.63) is 0 Å². The van der Waals surface area contributed by atoms with E-state index in [1.54, 1.807) is 0 Å². The van der Waals surface area contributed by atoms with Crippen LogP contribution in [0.25, 0.3) is 0 Å². The first-order valence-electron chi connectivity index (χ1n) is 4.79. The Morgan fingerprint density at radius 3 is 2.54 bits per heavy atom. The standard InChI is InChI=1S/C9H17NO3/c10-8(9(12)13)6-4-2-1-3-5-7(6)11/h6-8,11H,1-5,10H2,(H,12,13)/t6?,7-,8?/m0/s1. The lowest BCUT2D eigenvalue weighted by Crippen LogP contribution is -2.43. The molecule has 4 heteroatoms. The summed E-state index contributed by atoms with van der Waals surface area (Å²) in [6.45, 7) is 0. The lowest BCUT2D eigenvalue weighted by Gasteiger charge is -2.23. The van der Waals surface area contributed by atoms with Crippen molar-refractivity contribution in [2.75, 3.05) is 0 Å². The van der Waals surface area contributed by atoms with Crippen LogP contribution in [-0.2, 0) is 4.79 Å². The number of carboxylic acid groups (broad SMARTS) is 1. The molecule has 0 aromatic rings. The summed E-state index contributed by atoms with van der Waals surface area (Å²) in [7, 11) is 0. The van der Waals surface area contributed by atoms with Crippen LogP contribution >= 0.6 is 0 Å². The zero-order valence-corrected chi connectivity index (χ0v) is 7.65. The maximum Gasteiger partial charge on any atom is 0.320 e. The molecule has 0 aromatic carbocycles. The van der Waals surface area contributed by atoms with Gasteiger partial charge in [-0.05, 0) is 12.8 Å². The average molecular weight is 187 g/mol. The van der Waals surface area contributed by atoms with Gasteiger partial charge in [0.15, 0.2) is 0 Å². The molecule has 3 atom stereocenters. The molecule has 76 valence electrons. The summed E-state index contributed by atoms with van der Waals surface area (Å²) in [5, 5.41) is 18.3. The maximum absolute atomic E-state index is 10.6. The van der Waals surface area contributed by atoms with E-state index in [9.17, 15) is 9.90 Å². The SMILES string of the molecule is NC(C(=O)O)C1CCCCC[C@@H]1O. The highest BCUT2D eigenvalue weighted by molar-refractivity contribution is 5.73. The van der Waals surface area contributed by atoms with Gasteiger partial charge in [0, 0.05) is 5.92 Å². The molecule has 1 rings (SSSR count). The van der Waals surface area contributed by atoms with E-state index in [1.807, 2.05) is 0 Å². The third-order valence-corrected chi connectivity index (χ3v) is 2.78. The Morgan fingerprint density at radius 2 is 1.92 bits per heavy atom. The van der Waals surface area contributed by atoms with Crippen LogP contribution in [0.2, 0.25) is 0 Å². The minimum absolute atomic E-state index is 0.264. The zero-order chi connectivity index (χ0) is 9.84. The number of rotatable bonds is 2. The Kier molecular flexibility index (Phi) is 3.69. The van der Waals surface area contributed by atoms with Gasteiger partial charge in [-0.2, -0.15) is 0 Å². The first-order chi connectivity index (χ1) is 6.13. The molecule has 4 N–H and O–H groups in total. The number of aliphatic carboxylic acids is 1. The van der Waals surface area contributed by atoms with Gasteiger partial charge in [0.1, 0.15) is 6.04 Å². The fourth-order valence-corrected chi connectivity index (χ4v) is 1.92. The Bertz CT molecular complexity index is 184. The van der Waals surface area contributed by atoms with Crippen LogP contribution < -0.4 is 5.73 Å². The molecule has 0 aromatic heterocycles. The van der Waals surface area contributed by atoms with Crippen LogP contribution in [-0.4, -0.2) is 28.3 Å². The van der Waals surface area contributed by atoms with E-state index >= 15 is 0 Å². The molecule has 2 unspecified atom stereocenters. The first-order valence-corrected chi connectivity index (χ1v) is 4.79. The van der Waals surface area contributed by atoms with Crippen molar-refractivity contribution in [3.63, 3.8) is 0 Å². The van der Waals surface area contributed by atoms with Gasteiger partial charge in [-0.3, -0.25) is 4.79 Å². The molecule has 1 aliphatic rings. The lowest BCUT2D eigenvalue weighted by molar-refractivity contribution is -0.141. The second-order valence-corrected chi connectivity index (χ2v) is 3.73. The molecule has 1 saturated carbocycles. The zero-order valence-electron chi connectivity index (χ0n) is 7.65. The van der Waals surface area contributed by atoms with Gasteiger partial charge in [0.05, 0.1) is 6.10 Å². The minimum Gasteiger partial charge on any atom is -0.480 e. The molecular formula is C9H17NO3. The van der Waals surface area contributed by atoms with E-state index < -0.39 is 18.1 Å². The monoisotopic (exact) mass is 187 g/mol. The van der Waals surface area contributed by atoms with Crippen molar-refractivity contribution in [3.8, 4) is 0 Å². The van der Waals surface area contributed by atoms with Crippen LogP contribution in [0.3, 0.4) is 0 Å². The fraction of sp³-hybridized carbons (Fsp3) is 0.889. The molecule has 0 amide bonds. The molecule has 1 aliphatic carbocycles. The number of hydrogen-bond acceptors (Lipinski definition) is 3. The summed E-state index contributed by atoms with van der Waals surface area (Å²) in [5.74, 6) is -1.27. The van der Waals surface area contributed by atoms with Crippen molar-refractivity contribution in [1.82, 2.24) is 0 Å². The largest absolute Gasteiger partial charge is 0.480 e. The van der Waals surface area contributed by atoms with Gasteiger partial charge in [-0.1, -0.05) is 19.3 Å². The number of nitrogens with two attached hydrogens (primary N) is 1. The minimum atomic E-state index is -1.01. The Hall–Kier alpha value is -0.610. The van der Waals surface area contributed by atoms with Crippen molar-refractivity contribution in [2.24, 2.45) is 11.7 Å². The summed E-state index contributed by atoms with van der Waals surface area (Å²) in [4.78, 5) is 10.6. The predicted octanol–water partition coefficient (Wildman–Crippen LogP) is 0.339. The second kappa shape index (κ2) is 4.58. The quantitative estimate of drug-likeness (QED) is 0.544. The van der Waals surface area contributed by atoms with E-state index in [2.05, 4.69) is 0 Å². The summed E-state index contributed by atoms with van der Waals surface area (Å²) in [6, 6.07) is -0.909. The average Bonchev–Trinajstić information content (AvgIpc) is 2.28. The number of carbonyl (C=O) groups is 1. The van der Waals surface area contributed by atoms with E-state index in [0.717, 1.165) is 25.7 Å². The summed E-state index contributed by atoms with van der Waals surface area (Å²) < 4.78 is 0. The van der Waals surface area contributed by atoms with Gasteiger partial charge < -0.3 is 15.9 Å². The van der Waals surface area contributed by atoms with Crippen molar-refractivity contribution in [2.45, 2.75) is 44.2 Å². The van der Waals surface area contributed by atoms with E-state index in [-0.39, 0.29) is 5.92 Å². The molecule has 0 spiro atoms. The van der Waals surface area contributed by atoms with E-state index in [0.29, 0.717) is 6.42 Å². The number of carboxylic acids is 1. The first kappa shape index (κ1) is 10.5. The lowest BCUT2D eigenvalue weighted by atomic mass is 9.90. The Labute approximate surface area is 77.7 Å². The highest BCUT2D eigenvalue weighted by Gasteiger charge is 2.31. The summed E-state index contributed by atoms with van der Waals surface area (Å²) >= 11 is 0. The highest BCUT2D eigenvalue weighted by atomic mass is 16.4. The van der Waals surface area contributed by atoms with E-state index in [4.69, 9.17) is 10.8 Å². The smallest absolute Gasteiger partial charge is 0.320 e. The van der Waals surface area contributed by atoms with Crippen LogP contribution in [0, 0.1) is 5.92 Å². The van der Waals surface area contributed by atoms with Crippen LogP contribution in [0.15, 0.2) is 0 Å². The molecule has 0 radical (unpaired) electrons. The third kappa shape index (κ3) is 2.67. The van der Waals surface area contributed by atoms with Gasteiger partial charge in [-0.25, -0.2) is 0 Å². The predicted molar refractivity (Wildman–Crippen MR) is 48.2 cm³/mol. The molecule has 4 nitrogen and oxygen atoms in total. The Morgan fingerprint density at radius 1 is 1.31 bits per heavy atom. The van der Waals surface area contributed by atoms with Gasteiger partial charge in [0.25, 0.3) is 0 Å². The molecule has 0 heterocycles. The number of aliphatic hydroxyl groups is 1. The fourth-order valence-electron chi connectivity index (χ4n) is 1.92. The van der Waals surface area contributed by atoms with Crippen molar-refractivity contribution < 1.29 is 15.0 Å². The van der Waals surface area contributed by atoms with Crippen LogP contribution in [0.4, 0.5) is 0 Å². The van der Waals surface area contributed by atoms with Crippen molar-refractivity contribution in [1.29, 1.82) is 0 Å². The number of hydrogen-bond donors (Lipinski definition) is 3. The van der Waals surface area contributed by atoms with Gasteiger partial charge >= 0.3 is 5.97 Å².